The van der Waals surface area contributed by atoms with E-state index in [0.717, 1.165) is 0 Å². The second-order valence-corrected chi connectivity index (χ2v) is 6.20. The van der Waals surface area contributed by atoms with Crippen molar-refractivity contribution in [3.63, 3.8) is 0 Å². The van der Waals surface area contributed by atoms with Crippen LogP contribution in [0.3, 0.4) is 0 Å². The quantitative estimate of drug-likeness (QED) is 0.606. The van der Waals surface area contributed by atoms with Crippen LogP contribution in [0.2, 0.25) is 0 Å². The van der Waals surface area contributed by atoms with Crippen LogP contribution in [-0.4, -0.2) is 39.9 Å². The van der Waals surface area contributed by atoms with E-state index >= 15 is 0 Å². The van der Waals surface area contributed by atoms with Gasteiger partial charge in [0.1, 0.15) is 15.6 Å². The fourth-order valence-electron chi connectivity index (χ4n) is 2.16. The van der Waals surface area contributed by atoms with E-state index in [1.165, 1.54) is 17.5 Å². The van der Waals surface area contributed by atoms with Gasteiger partial charge < -0.3 is 16.4 Å². The number of carbonyl (C=O) groups excluding carboxylic acids is 2. The average molecular weight is 368 g/mol. The maximum Gasteiger partial charge on any atom is 0.267 e. The predicted octanol–water partition coefficient (Wildman–Crippen LogP) is 1.54. The number of carbonyl (C=O) groups is 2. The van der Waals surface area contributed by atoms with Crippen molar-refractivity contribution in [1.82, 2.24) is 20.3 Å². The highest BCUT2D eigenvalue weighted by atomic mass is 32.1. The Morgan fingerprint density at radius 2 is 1.92 bits per heavy atom. The van der Waals surface area contributed by atoms with Gasteiger partial charge in [-0.3, -0.25) is 19.6 Å². The highest BCUT2D eigenvalue weighted by Gasteiger charge is 2.16. The molecule has 9 heteroatoms. The fraction of sp³-hybridized carbons (Fsp3) is 0.118. The summed E-state index contributed by atoms with van der Waals surface area (Å²) in [7, 11) is 0. The van der Waals surface area contributed by atoms with Gasteiger partial charge in [-0.2, -0.15) is 0 Å². The molecule has 3 rings (SSSR count). The highest BCUT2D eigenvalue weighted by Crippen LogP contribution is 2.24. The predicted molar refractivity (Wildman–Crippen MR) is 98.9 cm³/mol. The first-order valence-electron chi connectivity index (χ1n) is 7.80. The number of hydrogen-bond acceptors (Lipinski definition) is 7. The van der Waals surface area contributed by atoms with E-state index in [1.807, 2.05) is 0 Å². The van der Waals surface area contributed by atoms with Crippen LogP contribution in [0.15, 0.2) is 49.1 Å². The number of aromatic nitrogens is 3. The highest BCUT2D eigenvalue weighted by molar-refractivity contribution is 7.17. The molecule has 0 aliphatic carbocycles. The summed E-state index contributed by atoms with van der Waals surface area (Å²) >= 11 is 1.20. The molecule has 2 amide bonds. The molecule has 2 aromatic heterocycles. The van der Waals surface area contributed by atoms with Gasteiger partial charge in [0, 0.05) is 25.5 Å². The molecule has 26 heavy (non-hydrogen) atoms. The smallest absolute Gasteiger partial charge is 0.267 e. The van der Waals surface area contributed by atoms with Crippen molar-refractivity contribution >= 4 is 28.8 Å². The number of nitrogens with zero attached hydrogens (tertiary/aromatic N) is 3. The molecule has 3 aromatic rings. The summed E-state index contributed by atoms with van der Waals surface area (Å²) in [6, 6.07) is 6.78. The molecule has 0 fully saturated rings. The Labute approximate surface area is 153 Å². The monoisotopic (exact) mass is 368 g/mol. The Morgan fingerprint density at radius 3 is 2.69 bits per heavy atom. The Balaban J connectivity index is 1.77. The number of thiazole rings is 1. The molecule has 0 aliphatic heterocycles. The molecular weight excluding hydrogens is 352 g/mol. The van der Waals surface area contributed by atoms with Crippen molar-refractivity contribution in [3.05, 3.63) is 59.5 Å². The van der Waals surface area contributed by atoms with E-state index in [-0.39, 0.29) is 11.8 Å². The van der Waals surface area contributed by atoms with Crippen molar-refractivity contribution in [2.24, 2.45) is 5.73 Å². The molecule has 0 saturated carbocycles. The molecule has 1 aromatic carbocycles. The minimum Gasteiger partial charge on any atom is -0.351 e. The van der Waals surface area contributed by atoms with Gasteiger partial charge in [-0.05, 0) is 12.1 Å². The standard InChI is InChI=1S/C17H16N6O2S/c18-5-6-21-15(24)11-3-1-2-4-12(11)23-16(25)14-10-22-17(26-14)13-9-19-7-8-20-13/h1-4,7-10H,5-6,18H2,(H,21,24)(H,23,25). The summed E-state index contributed by atoms with van der Waals surface area (Å²) in [5, 5.41) is 6.03. The van der Waals surface area contributed by atoms with Crippen molar-refractivity contribution < 1.29 is 9.59 Å². The van der Waals surface area contributed by atoms with Gasteiger partial charge >= 0.3 is 0 Å². The summed E-state index contributed by atoms with van der Waals surface area (Å²) in [6.45, 7) is 0.698. The number of rotatable bonds is 6. The van der Waals surface area contributed by atoms with Crippen LogP contribution in [0.4, 0.5) is 5.69 Å². The number of para-hydroxylation sites is 1. The summed E-state index contributed by atoms with van der Waals surface area (Å²) in [4.78, 5) is 37.5. The molecule has 0 saturated heterocycles. The van der Waals surface area contributed by atoms with E-state index in [2.05, 4.69) is 25.6 Å². The van der Waals surface area contributed by atoms with E-state index in [1.54, 1.807) is 42.9 Å². The van der Waals surface area contributed by atoms with E-state index < -0.39 is 0 Å². The van der Waals surface area contributed by atoms with E-state index in [9.17, 15) is 9.59 Å². The largest absolute Gasteiger partial charge is 0.351 e. The maximum absolute atomic E-state index is 12.5. The first kappa shape index (κ1) is 17.6. The Bertz CT molecular complexity index is 912. The number of hydrogen-bond donors (Lipinski definition) is 3. The minimum absolute atomic E-state index is 0.295. The lowest BCUT2D eigenvalue weighted by atomic mass is 10.1. The van der Waals surface area contributed by atoms with Gasteiger partial charge in [0.05, 0.1) is 23.6 Å². The maximum atomic E-state index is 12.5. The molecular formula is C17H16N6O2S. The van der Waals surface area contributed by atoms with Crippen molar-refractivity contribution in [2.75, 3.05) is 18.4 Å². The number of benzene rings is 1. The second-order valence-electron chi connectivity index (χ2n) is 5.16. The number of amides is 2. The number of nitrogens with two attached hydrogens (primary N) is 1. The first-order chi connectivity index (χ1) is 12.7. The van der Waals surface area contributed by atoms with Gasteiger partial charge in [0.15, 0.2) is 0 Å². The minimum atomic E-state index is -0.350. The van der Waals surface area contributed by atoms with Crippen LogP contribution in [0.5, 0.6) is 0 Å². The summed E-state index contributed by atoms with van der Waals surface area (Å²) in [5.41, 5.74) is 6.78. The van der Waals surface area contributed by atoms with E-state index in [0.29, 0.717) is 39.9 Å². The third-order valence-corrected chi connectivity index (χ3v) is 4.38. The Morgan fingerprint density at radius 1 is 1.08 bits per heavy atom. The lowest BCUT2D eigenvalue weighted by Gasteiger charge is -2.10. The van der Waals surface area contributed by atoms with Crippen molar-refractivity contribution in [1.29, 1.82) is 0 Å². The Kier molecular flexibility index (Phi) is 5.62. The van der Waals surface area contributed by atoms with Gasteiger partial charge in [-0.25, -0.2) is 4.98 Å². The molecule has 0 spiro atoms. The SMILES string of the molecule is NCCNC(=O)c1ccccc1NC(=O)c1cnc(-c2cnccn2)s1. The van der Waals surface area contributed by atoms with Crippen LogP contribution in [0, 0.1) is 0 Å². The van der Waals surface area contributed by atoms with Crippen LogP contribution in [0.25, 0.3) is 10.7 Å². The zero-order chi connectivity index (χ0) is 18.4. The van der Waals surface area contributed by atoms with Gasteiger partial charge in [-0.15, -0.1) is 11.3 Å². The topological polar surface area (TPSA) is 123 Å². The Hall–Kier alpha value is -3.17. The fourth-order valence-corrected chi connectivity index (χ4v) is 2.93. The van der Waals surface area contributed by atoms with Gasteiger partial charge in [0.25, 0.3) is 11.8 Å². The van der Waals surface area contributed by atoms with Crippen LogP contribution in [0.1, 0.15) is 20.0 Å². The third kappa shape index (κ3) is 4.08. The zero-order valence-corrected chi connectivity index (χ0v) is 14.5. The summed E-state index contributed by atoms with van der Waals surface area (Å²) in [6.07, 6.45) is 6.18. The first-order valence-corrected chi connectivity index (χ1v) is 8.61. The molecule has 0 unspecified atom stereocenters. The van der Waals surface area contributed by atoms with Gasteiger partial charge in [0.2, 0.25) is 0 Å². The molecule has 132 valence electrons. The molecule has 0 aliphatic rings. The number of anilines is 1. The van der Waals surface area contributed by atoms with Crippen LogP contribution in [-0.2, 0) is 0 Å². The molecule has 2 heterocycles. The zero-order valence-electron chi connectivity index (χ0n) is 13.7. The molecule has 8 nitrogen and oxygen atoms in total. The molecule has 0 bridgehead atoms. The summed E-state index contributed by atoms with van der Waals surface area (Å²) < 4.78 is 0. The van der Waals surface area contributed by atoms with Gasteiger partial charge in [-0.1, -0.05) is 12.1 Å². The summed E-state index contributed by atoms with van der Waals surface area (Å²) in [5.74, 6) is -0.646. The third-order valence-electron chi connectivity index (χ3n) is 3.36. The van der Waals surface area contributed by atoms with Crippen molar-refractivity contribution in [3.8, 4) is 10.7 Å². The number of nitrogens with one attached hydrogen (secondary N) is 2. The molecule has 0 radical (unpaired) electrons. The molecule has 4 N–H and O–H groups in total. The normalized spacial score (nSPS) is 10.3. The van der Waals surface area contributed by atoms with Crippen LogP contribution < -0.4 is 16.4 Å². The van der Waals surface area contributed by atoms with Crippen LogP contribution >= 0.6 is 11.3 Å². The van der Waals surface area contributed by atoms with Crippen molar-refractivity contribution in [2.45, 2.75) is 0 Å². The second kappa shape index (κ2) is 8.28. The lowest BCUT2D eigenvalue weighted by molar-refractivity contribution is 0.0955. The lowest BCUT2D eigenvalue weighted by Crippen LogP contribution is -2.29. The average Bonchev–Trinajstić information content (AvgIpc) is 3.17. The van der Waals surface area contributed by atoms with E-state index in [4.69, 9.17) is 5.73 Å². The molecule has 0 atom stereocenters.